The summed E-state index contributed by atoms with van der Waals surface area (Å²) < 4.78 is 28.7. The van der Waals surface area contributed by atoms with Crippen molar-refractivity contribution in [3.8, 4) is 5.82 Å². The summed E-state index contributed by atoms with van der Waals surface area (Å²) in [5.74, 6) is 0.0480. The number of piperazine rings is 1. The first kappa shape index (κ1) is 27.3. The van der Waals surface area contributed by atoms with Gasteiger partial charge in [-0.15, -0.1) is 12.4 Å². The van der Waals surface area contributed by atoms with Crippen LogP contribution in [0.1, 0.15) is 18.2 Å². The monoisotopic (exact) mass is 520 g/mol. The van der Waals surface area contributed by atoms with Crippen molar-refractivity contribution in [1.29, 1.82) is 0 Å². The lowest BCUT2D eigenvalue weighted by Gasteiger charge is -2.35. The fraction of sp³-hybridized carbons (Fsp3) is 0.375. The molecule has 12 heteroatoms. The molecule has 36 heavy (non-hydrogen) atoms. The lowest BCUT2D eigenvalue weighted by molar-refractivity contribution is 0.281. The summed E-state index contributed by atoms with van der Waals surface area (Å²) in [5.41, 5.74) is 8.30. The first-order valence-corrected chi connectivity index (χ1v) is 11.5. The van der Waals surface area contributed by atoms with Gasteiger partial charge in [-0.1, -0.05) is 12.2 Å². The zero-order chi connectivity index (χ0) is 24.9. The van der Waals surface area contributed by atoms with Crippen LogP contribution in [0.25, 0.3) is 11.9 Å². The Hall–Kier alpha value is -3.28. The highest BCUT2D eigenvalue weighted by Gasteiger charge is 2.18. The Bertz CT molecular complexity index is 1180. The fourth-order valence-corrected chi connectivity index (χ4v) is 3.99. The molecule has 0 radical (unpaired) electrons. The van der Waals surface area contributed by atoms with E-state index in [1.165, 1.54) is 12.1 Å². The number of aromatic nitrogens is 4. The summed E-state index contributed by atoms with van der Waals surface area (Å²) >= 11 is 0. The van der Waals surface area contributed by atoms with Crippen LogP contribution in [-0.2, 0) is 0 Å². The zero-order valence-electron chi connectivity index (χ0n) is 20.2. The number of nitrogens with one attached hydrogen (secondary N) is 1. The molecule has 1 saturated heterocycles. The third-order valence-electron chi connectivity index (χ3n) is 5.91. The van der Waals surface area contributed by atoms with Gasteiger partial charge in [0.1, 0.15) is 17.5 Å². The van der Waals surface area contributed by atoms with E-state index in [0.29, 0.717) is 30.4 Å². The minimum absolute atomic E-state index is 0. The van der Waals surface area contributed by atoms with Gasteiger partial charge in [-0.05, 0) is 26.0 Å². The first-order chi connectivity index (χ1) is 16.8. The van der Waals surface area contributed by atoms with Crippen molar-refractivity contribution in [2.75, 3.05) is 55.3 Å². The lowest BCUT2D eigenvalue weighted by Crippen LogP contribution is -2.46. The van der Waals surface area contributed by atoms with E-state index in [4.69, 9.17) is 5.73 Å². The number of halogens is 3. The van der Waals surface area contributed by atoms with Crippen LogP contribution in [-0.4, -0.2) is 75.1 Å². The van der Waals surface area contributed by atoms with Gasteiger partial charge in [0, 0.05) is 62.1 Å². The minimum Gasteiger partial charge on any atom is -0.394 e. The number of benzene rings is 1. The van der Waals surface area contributed by atoms with Crippen molar-refractivity contribution in [2.45, 2.75) is 19.9 Å². The lowest BCUT2D eigenvalue weighted by atomic mass is 10.2. The molecule has 1 aliphatic rings. The molecular weight excluding hydrogens is 490 g/mol. The number of aliphatic hydroxyl groups is 1. The molecule has 0 amide bonds. The largest absolute Gasteiger partial charge is 0.394 e. The van der Waals surface area contributed by atoms with Crippen LogP contribution >= 0.6 is 12.4 Å². The molecule has 0 bridgehead atoms. The van der Waals surface area contributed by atoms with E-state index in [1.807, 2.05) is 24.8 Å². The SMILES string of the molecule is Cc1c(/C=C/CN2CCN(c3cc(F)cc(F)c3)CC2)cnn1-c1cc(N[C@@H](C)CO)nc(N)n1.Cl. The van der Waals surface area contributed by atoms with Crippen molar-refractivity contribution in [3.63, 3.8) is 0 Å². The van der Waals surface area contributed by atoms with Crippen molar-refractivity contribution in [1.82, 2.24) is 24.6 Å². The van der Waals surface area contributed by atoms with Gasteiger partial charge >= 0.3 is 0 Å². The van der Waals surface area contributed by atoms with Crippen LogP contribution in [0.2, 0.25) is 0 Å². The number of rotatable bonds is 8. The van der Waals surface area contributed by atoms with E-state index in [9.17, 15) is 13.9 Å². The Balaban J connectivity index is 0.00000361. The van der Waals surface area contributed by atoms with E-state index >= 15 is 0 Å². The summed E-state index contributed by atoms with van der Waals surface area (Å²) in [4.78, 5) is 12.7. The molecule has 0 spiro atoms. The summed E-state index contributed by atoms with van der Waals surface area (Å²) in [6, 6.07) is 5.20. The second-order valence-electron chi connectivity index (χ2n) is 8.61. The minimum atomic E-state index is -0.557. The smallest absolute Gasteiger partial charge is 0.224 e. The van der Waals surface area contributed by atoms with E-state index in [-0.39, 0.29) is 31.0 Å². The van der Waals surface area contributed by atoms with Crippen molar-refractivity contribution < 1.29 is 13.9 Å². The summed E-state index contributed by atoms with van der Waals surface area (Å²) in [6.07, 6.45) is 5.87. The topological polar surface area (TPSA) is 108 Å². The van der Waals surface area contributed by atoms with Gasteiger partial charge in [0.25, 0.3) is 0 Å². The average molecular weight is 521 g/mol. The Labute approximate surface area is 215 Å². The molecule has 0 unspecified atom stereocenters. The quantitative estimate of drug-likeness (QED) is 0.416. The van der Waals surface area contributed by atoms with Crippen molar-refractivity contribution in [3.05, 3.63) is 59.4 Å². The molecule has 0 aliphatic carbocycles. The predicted octanol–water partition coefficient (Wildman–Crippen LogP) is 2.88. The first-order valence-electron chi connectivity index (χ1n) is 11.5. The normalized spacial score (nSPS) is 15.2. The maximum absolute atomic E-state index is 13.5. The molecule has 4 N–H and O–H groups in total. The van der Waals surface area contributed by atoms with E-state index in [2.05, 4.69) is 31.4 Å². The molecule has 3 heterocycles. The van der Waals surface area contributed by atoms with Gasteiger partial charge in [-0.2, -0.15) is 15.1 Å². The summed E-state index contributed by atoms with van der Waals surface area (Å²) in [7, 11) is 0. The molecule has 4 rings (SSSR count). The molecule has 9 nitrogen and oxygen atoms in total. The highest BCUT2D eigenvalue weighted by Crippen LogP contribution is 2.20. The summed E-state index contributed by atoms with van der Waals surface area (Å²) in [5, 5.41) is 16.8. The molecule has 0 saturated carbocycles. The van der Waals surface area contributed by atoms with Crippen LogP contribution in [0.5, 0.6) is 0 Å². The van der Waals surface area contributed by atoms with E-state index in [0.717, 1.165) is 37.0 Å². The second-order valence-corrected chi connectivity index (χ2v) is 8.61. The van der Waals surface area contributed by atoms with E-state index in [1.54, 1.807) is 16.9 Å². The molecular formula is C24H31ClF2N8O. The van der Waals surface area contributed by atoms with Crippen LogP contribution < -0.4 is 16.0 Å². The third-order valence-corrected chi connectivity index (χ3v) is 5.91. The van der Waals surface area contributed by atoms with E-state index < -0.39 is 11.6 Å². The average Bonchev–Trinajstić information content (AvgIpc) is 3.18. The van der Waals surface area contributed by atoms with Crippen LogP contribution in [0.3, 0.4) is 0 Å². The molecule has 1 aliphatic heterocycles. The van der Waals surface area contributed by atoms with Crippen LogP contribution in [0.4, 0.5) is 26.2 Å². The third kappa shape index (κ3) is 6.68. The van der Waals surface area contributed by atoms with Gasteiger partial charge in [-0.3, -0.25) is 4.90 Å². The molecule has 3 aromatic rings. The Morgan fingerprint density at radius 1 is 1.11 bits per heavy atom. The Kier molecular flexibility index (Phi) is 9.19. The number of anilines is 3. The van der Waals surface area contributed by atoms with Crippen molar-refractivity contribution >= 4 is 35.9 Å². The predicted molar refractivity (Wildman–Crippen MR) is 140 cm³/mol. The van der Waals surface area contributed by atoms with Crippen LogP contribution in [0, 0.1) is 18.6 Å². The van der Waals surface area contributed by atoms with Gasteiger partial charge < -0.3 is 21.1 Å². The second kappa shape index (κ2) is 12.1. The number of hydrogen-bond acceptors (Lipinski definition) is 8. The highest BCUT2D eigenvalue weighted by molar-refractivity contribution is 5.85. The van der Waals surface area contributed by atoms with Crippen LogP contribution in [0.15, 0.2) is 36.5 Å². The number of nitrogens with two attached hydrogens (primary N) is 1. The van der Waals surface area contributed by atoms with Gasteiger partial charge in [0.15, 0.2) is 5.82 Å². The standard InChI is InChI=1S/C24H30F2N8O.ClH/c1-16(15-35)29-22-13-23(31-24(27)30-22)34-17(2)18(14-28-34)4-3-5-32-6-8-33(9-7-32)21-11-19(25)10-20(26)12-21;/h3-4,10-14,16,35H,5-9,15H2,1-2H3,(H3,27,29,30,31);1H/b4-3+;/t16-;/m0./s1. The maximum Gasteiger partial charge on any atom is 0.224 e. The fourth-order valence-electron chi connectivity index (χ4n) is 3.99. The Morgan fingerprint density at radius 3 is 2.47 bits per heavy atom. The maximum atomic E-state index is 13.5. The molecule has 194 valence electrons. The van der Waals surface area contributed by atoms with Crippen molar-refractivity contribution in [2.24, 2.45) is 0 Å². The molecule has 1 fully saturated rings. The molecule has 1 atom stereocenters. The number of aliphatic hydroxyl groups excluding tert-OH is 1. The number of nitrogens with zero attached hydrogens (tertiary/aromatic N) is 6. The van der Waals surface area contributed by atoms with Gasteiger partial charge in [0.05, 0.1) is 18.5 Å². The molecule has 2 aromatic heterocycles. The number of hydrogen-bond donors (Lipinski definition) is 3. The Morgan fingerprint density at radius 2 is 1.81 bits per heavy atom. The molecule has 1 aromatic carbocycles. The van der Waals surface area contributed by atoms with Gasteiger partial charge in [0.2, 0.25) is 5.95 Å². The highest BCUT2D eigenvalue weighted by atomic mass is 35.5. The number of nitrogen functional groups attached to an aromatic ring is 1. The van der Waals surface area contributed by atoms with Gasteiger partial charge in [-0.25, -0.2) is 13.5 Å². The zero-order valence-corrected chi connectivity index (χ0v) is 21.0. The summed E-state index contributed by atoms with van der Waals surface area (Å²) in [6.45, 7) is 7.50.